The van der Waals surface area contributed by atoms with E-state index in [0.29, 0.717) is 31.5 Å². The maximum Gasteiger partial charge on any atom is 0.243 e. The minimum Gasteiger partial charge on any atom is -0.294 e. The van der Waals surface area contributed by atoms with Gasteiger partial charge < -0.3 is 0 Å². The van der Waals surface area contributed by atoms with Crippen molar-refractivity contribution in [1.82, 2.24) is 4.31 Å². The fourth-order valence-electron chi connectivity index (χ4n) is 2.75. The third-order valence-corrected chi connectivity index (χ3v) is 6.27. The number of sulfonamides is 1. The molecule has 1 aliphatic heterocycles. The molecule has 22 heavy (non-hydrogen) atoms. The molecule has 0 atom stereocenters. The average molecular weight is 318 g/mol. The second kappa shape index (κ2) is 5.82. The van der Waals surface area contributed by atoms with Gasteiger partial charge in [0, 0.05) is 30.5 Å². The monoisotopic (exact) mass is 318 g/mol. The van der Waals surface area contributed by atoms with Gasteiger partial charge in [-0.15, -0.1) is 0 Å². The maximum absolute atomic E-state index is 12.6. The van der Waals surface area contributed by atoms with E-state index in [1.54, 1.807) is 12.1 Å². The molecule has 1 saturated heterocycles. The Kier molecular flexibility index (Phi) is 4.02. The highest BCUT2D eigenvalue weighted by Crippen LogP contribution is 2.33. The number of ketones is 1. The zero-order valence-electron chi connectivity index (χ0n) is 12.2. The SMILES string of the molecule is N#CC1CCN(S(=O)(=O)c2ccc(C(=O)C3CC3)cc2)CC1. The molecular weight excluding hydrogens is 300 g/mol. The summed E-state index contributed by atoms with van der Waals surface area (Å²) in [5.41, 5.74) is 0.588. The van der Waals surface area contributed by atoms with Gasteiger partial charge in [-0.25, -0.2) is 8.42 Å². The molecule has 2 fully saturated rings. The Morgan fingerprint density at radius 2 is 1.68 bits per heavy atom. The van der Waals surface area contributed by atoms with Crippen molar-refractivity contribution in [2.45, 2.75) is 30.6 Å². The van der Waals surface area contributed by atoms with E-state index in [1.165, 1.54) is 16.4 Å². The van der Waals surface area contributed by atoms with Gasteiger partial charge in [-0.2, -0.15) is 9.57 Å². The Balaban J connectivity index is 1.75. The van der Waals surface area contributed by atoms with Gasteiger partial charge in [-0.1, -0.05) is 12.1 Å². The summed E-state index contributed by atoms with van der Waals surface area (Å²) < 4.78 is 26.6. The van der Waals surface area contributed by atoms with Gasteiger partial charge >= 0.3 is 0 Å². The third-order valence-electron chi connectivity index (χ3n) is 4.36. The number of hydrogen-bond acceptors (Lipinski definition) is 4. The molecule has 1 saturated carbocycles. The number of rotatable bonds is 4. The molecular formula is C16H18N2O3S. The predicted octanol–water partition coefficient (Wildman–Crippen LogP) is 2.20. The molecule has 3 rings (SSSR count). The number of benzene rings is 1. The van der Waals surface area contributed by atoms with Crippen molar-refractivity contribution in [1.29, 1.82) is 5.26 Å². The lowest BCUT2D eigenvalue weighted by Crippen LogP contribution is -2.38. The highest BCUT2D eigenvalue weighted by molar-refractivity contribution is 7.89. The first-order valence-electron chi connectivity index (χ1n) is 7.56. The van der Waals surface area contributed by atoms with E-state index < -0.39 is 10.0 Å². The lowest BCUT2D eigenvalue weighted by molar-refractivity contribution is 0.0967. The normalized spacial score (nSPS) is 20.5. The number of carbonyl (C=O) groups excluding carboxylic acids is 1. The molecule has 0 spiro atoms. The Bertz CT molecular complexity index is 707. The summed E-state index contributed by atoms with van der Waals surface area (Å²) in [4.78, 5) is 12.2. The summed E-state index contributed by atoms with van der Waals surface area (Å²) in [5, 5.41) is 8.88. The van der Waals surface area contributed by atoms with Crippen LogP contribution in [-0.2, 0) is 10.0 Å². The molecule has 0 unspecified atom stereocenters. The van der Waals surface area contributed by atoms with Crippen molar-refractivity contribution >= 4 is 15.8 Å². The second-order valence-electron chi connectivity index (χ2n) is 5.97. The molecule has 0 bridgehead atoms. The maximum atomic E-state index is 12.6. The van der Waals surface area contributed by atoms with E-state index in [-0.39, 0.29) is 22.5 Å². The lowest BCUT2D eigenvalue weighted by atomic mass is 10.0. The molecule has 2 aliphatic rings. The number of nitriles is 1. The van der Waals surface area contributed by atoms with E-state index in [0.717, 1.165) is 12.8 Å². The summed E-state index contributed by atoms with van der Waals surface area (Å²) >= 11 is 0. The number of nitrogens with zero attached hydrogens (tertiary/aromatic N) is 2. The smallest absolute Gasteiger partial charge is 0.243 e. The Morgan fingerprint density at radius 1 is 1.09 bits per heavy atom. The number of carbonyl (C=O) groups is 1. The summed E-state index contributed by atoms with van der Waals surface area (Å²) in [6.07, 6.45) is 3.03. The standard InChI is InChI=1S/C16H18N2O3S/c17-11-12-7-9-18(10-8-12)22(20,21)15-5-3-14(4-6-15)16(19)13-1-2-13/h3-6,12-13H,1-2,7-10H2. The van der Waals surface area contributed by atoms with Crippen LogP contribution in [0.5, 0.6) is 0 Å². The topological polar surface area (TPSA) is 78.2 Å². The lowest BCUT2D eigenvalue weighted by Gasteiger charge is -2.28. The zero-order chi connectivity index (χ0) is 15.7. The van der Waals surface area contributed by atoms with Crippen molar-refractivity contribution in [3.63, 3.8) is 0 Å². The Labute approximate surface area is 130 Å². The van der Waals surface area contributed by atoms with Crippen LogP contribution < -0.4 is 0 Å². The van der Waals surface area contributed by atoms with Crippen molar-refractivity contribution in [3.05, 3.63) is 29.8 Å². The summed E-state index contributed by atoms with van der Waals surface area (Å²) in [7, 11) is -3.53. The second-order valence-corrected chi connectivity index (χ2v) is 7.91. The van der Waals surface area contributed by atoms with Crippen molar-refractivity contribution in [2.75, 3.05) is 13.1 Å². The summed E-state index contributed by atoms with van der Waals surface area (Å²) in [5.74, 6) is 0.191. The average Bonchev–Trinajstić information content (AvgIpc) is 3.39. The van der Waals surface area contributed by atoms with Crippen LogP contribution in [-0.4, -0.2) is 31.6 Å². The van der Waals surface area contributed by atoms with E-state index >= 15 is 0 Å². The van der Waals surface area contributed by atoms with E-state index in [9.17, 15) is 13.2 Å². The molecule has 5 nitrogen and oxygen atoms in total. The minimum absolute atomic E-state index is 0.0509. The first kappa shape index (κ1) is 15.2. The largest absolute Gasteiger partial charge is 0.294 e. The van der Waals surface area contributed by atoms with Gasteiger partial charge in [0.1, 0.15) is 0 Å². The fourth-order valence-corrected chi connectivity index (χ4v) is 4.22. The van der Waals surface area contributed by atoms with E-state index in [2.05, 4.69) is 6.07 Å². The molecule has 0 N–H and O–H groups in total. The molecule has 0 amide bonds. The number of piperidine rings is 1. The van der Waals surface area contributed by atoms with Gasteiger partial charge in [0.2, 0.25) is 10.0 Å². The molecule has 1 heterocycles. The molecule has 116 valence electrons. The molecule has 0 radical (unpaired) electrons. The van der Waals surface area contributed by atoms with Gasteiger partial charge in [0.25, 0.3) is 0 Å². The summed E-state index contributed by atoms with van der Waals surface area (Å²) in [6.45, 7) is 0.757. The number of Topliss-reactive ketones (excluding diaryl/α,β-unsaturated/α-hetero) is 1. The highest BCUT2D eigenvalue weighted by Gasteiger charge is 2.32. The van der Waals surface area contributed by atoms with Crippen molar-refractivity contribution in [3.8, 4) is 6.07 Å². The Morgan fingerprint density at radius 3 is 2.18 bits per heavy atom. The quantitative estimate of drug-likeness (QED) is 0.797. The van der Waals surface area contributed by atoms with Crippen LogP contribution in [0.25, 0.3) is 0 Å². The number of hydrogen-bond donors (Lipinski definition) is 0. The van der Waals surface area contributed by atoms with Gasteiger partial charge in [0.15, 0.2) is 5.78 Å². The molecule has 1 aromatic carbocycles. The first-order valence-corrected chi connectivity index (χ1v) is 9.00. The predicted molar refractivity (Wildman–Crippen MR) is 80.6 cm³/mol. The van der Waals surface area contributed by atoms with Crippen LogP contribution in [0.15, 0.2) is 29.2 Å². The van der Waals surface area contributed by atoms with E-state index in [1.807, 2.05) is 0 Å². The van der Waals surface area contributed by atoms with E-state index in [4.69, 9.17) is 5.26 Å². The van der Waals surface area contributed by atoms with Crippen LogP contribution in [0.4, 0.5) is 0 Å². The van der Waals surface area contributed by atoms with Crippen LogP contribution in [0.3, 0.4) is 0 Å². The molecule has 1 aromatic rings. The minimum atomic E-state index is -3.53. The van der Waals surface area contributed by atoms with Crippen molar-refractivity contribution in [2.24, 2.45) is 11.8 Å². The highest BCUT2D eigenvalue weighted by atomic mass is 32.2. The molecule has 6 heteroatoms. The van der Waals surface area contributed by atoms with Crippen LogP contribution in [0.1, 0.15) is 36.0 Å². The van der Waals surface area contributed by atoms with Gasteiger partial charge in [-0.05, 0) is 37.8 Å². The molecule has 0 aromatic heterocycles. The summed E-state index contributed by atoms with van der Waals surface area (Å²) in [6, 6.07) is 8.44. The zero-order valence-corrected chi connectivity index (χ0v) is 13.1. The van der Waals surface area contributed by atoms with Gasteiger partial charge in [-0.3, -0.25) is 4.79 Å². The van der Waals surface area contributed by atoms with Gasteiger partial charge in [0.05, 0.1) is 11.0 Å². The third kappa shape index (κ3) is 2.92. The van der Waals surface area contributed by atoms with Crippen LogP contribution in [0.2, 0.25) is 0 Å². The van der Waals surface area contributed by atoms with Crippen molar-refractivity contribution < 1.29 is 13.2 Å². The van der Waals surface area contributed by atoms with Crippen LogP contribution in [0, 0.1) is 23.2 Å². The fraction of sp³-hybridized carbons (Fsp3) is 0.500. The molecule has 1 aliphatic carbocycles. The van der Waals surface area contributed by atoms with Crippen LogP contribution >= 0.6 is 0 Å². The Hall–Kier alpha value is -1.71. The first-order chi connectivity index (χ1) is 10.5.